The molecule has 0 unspecified atom stereocenters. The second-order valence-corrected chi connectivity index (χ2v) is 27.6. The number of carbonyl (C=O) groups is 4. The Balaban J connectivity index is 0.610. The zero-order valence-corrected chi connectivity index (χ0v) is 56.8. The topological polar surface area (TPSA) is 258 Å². The first-order chi connectivity index (χ1) is 45.6. The molecule has 23 heteroatoms. The first-order valence-corrected chi connectivity index (χ1v) is 33.6. The highest BCUT2D eigenvalue weighted by molar-refractivity contribution is 5.89. The Morgan fingerprint density at radius 2 is 1.15 bits per heavy atom. The smallest absolute Gasteiger partial charge is 0.243 e. The molecule has 0 saturated carbocycles. The fraction of sp³-hybridized carbons (Fsp3) is 0.458. The lowest BCUT2D eigenvalue weighted by atomic mass is 9.78. The third kappa shape index (κ3) is 17.0. The molecule has 0 bridgehead atoms. The van der Waals surface area contributed by atoms with E-state index in [-0.39, 0.29) is 55.3 Å². The molecule has 8 N–H and O–H groups in total. The van der Waals surface area contributed by atoms with Crippen LogP contribution in [0.4, 0.5) is 11.4 Å². The van der Waals surface area contributed by atoms with Crippen LogP contribution in [-0.4, -0.2) is 197 Å². The molecule has 0 radical (unpaired) electrons. The number of fused-ring (bicyclic) bond motifs is 3. The van der Waals surface area contributed by atoms with Gasteiger partial charge in [-0.3, -0.25) is 24.2 Å². The molecule has 4 amide bonds. The van der Waals surface area contributed by atoms with Gasteiger partial charge < -0.3 is 70.3 Å². The minimum Gasteiger partial charge on any atom is -0.494 e. The molecular formula is C72H95N17O6. The molecule has 95 heavy (non-hydrogen) atoms. The number of ether oxygens (including phenoxy) is 2. The van der Waals surface area contributed by atoms with Crippen LogP contribution in [0.3, 0.4) is 0 Å². The van der Waals surface area contributed by atoms with Crippen molar-refractivity contribution < 1.29 is 28.7 Å². The molecule has 5 aromatic carbocycles. The van der Waals surface area contributed by atoms with Gasteiger partial charge in [-0.25, -0.2) is 15.0 Å². The summed E-state index contributed by atoms with van der Waals surface area (Å²) in [6.45, 7) is 24.8. The minimum absolute atomic E-state index is 0.0549. The lowest BCUT2D eigenvalue weighted by molar-refractivity contribution is -0.141. The highest BCUT2D eigenvalue weighted by Gasteiger charge is 2.30. The molecule has 3 aliphatic rings. The normalized spacial score (nSPS) is 15.0. The molecule has 11 rings (SSSR count). The van der Waals surface area contributed by atoms with E-state index in [0.717, 1.165) is 131 Å². The lowest BCUT2D eigenvalue weighted by Crippen LogP contribution is -2.47. The fourth-order valence-corrected chi connectivity index (χ4v) is 12.4. The largest absolute Gasteiger partial charge is 0.494 e. The summed E-state index contributed by atoms with van der Waals surface area (Å²) in [7, 11) is 4.33. The number of carbonyl (C=O) groups excluding carboxylic acids is 4. The molecule has 504 valence electrons. The zero-order chi connectivity index (χ0) is 67.0. The van der Waals surface area contributed by atoms with Gasteiger partial charge in [-0.05, 0) is 129 Å². The van der Waals surface area contributed by atoms with Gasteiger partial charge in [0.1, 0.15) is 29.0 Å². The molecule has 8 aromatic rings. The van der Waals surface area contributed by atoms with Crippen LogP contribution in [-0.2, 0) is 30.0 Å². The highest BCUT2D eigenvalue weighted by Crippen LogP contribution is 2.43. The van der Waals surface area contributed by atoms with Gasteiger partial charge in [-0.15, -0.1) is 5.53 Å². The summed E-state index contributed by atoms with van der Waals surface area (Å²) in [5.41, 5.74) is 24.9. The van der Waals surface area contributed by atoms with Crippen LogP contribution in [0.15, 0.2) is 103 Å². The number of H-pyrrole nitrogens is 3. The maximum absolute atomic E-state index is 13.9. The number of aromatic nitrogens is 6. The Kier molecular flexibility index (Phi) is 21.0. The van der Waals surface area contributed by atoms with Crippen LogP contribution in [0.2, 0.25) is 0 Å². The van der Waals surface area contributed by atoms with Gasteiger partial charge >= 0.3 is 0 Å². The molecule has 0 atom stereocenters. The van der Waals surface area contributed by atoms with Crippen LogP contribution in [0, 0.1) is 0 Å². The highest BCUT2D eigenvalue weighted by atomic mass is 16.5. The minimum atomic E-state index is -0.671. The number of primary amides is 1. The van der Waals surface area contributed by atoms with E-state index in [4.69, 9.17) is 30.2 Å². The number of anilines is 2. The van der Waals surface area contributed by atoms with Crippen molar-refractivity contribution in [3.8, 4) is 45.7 Å². The van der Waals surface area contributed by atoms with Crippen molar-refractivity contribution in [3.05, 3.63) is 114 Å². The number of benzene rings is 5. The van der Waals surface area contributed by atoms with Crippen molar-refractivity contribution >= 4 is 68.1 Å². The van der Waals surface area contributed by atoms with Gasteiger partial charge in [0.15, 0.2) is 0 Å². The molecule has 0 spiro atoms. The van der Waals surface area contributed by atoms with Crippen LogP contribution in [0.1, 0.15) is 98.1 Å². The average molecular weight is 1290 g/mol. The van der Waals surface area contributed by atoms with Crippen molar-refractivity contribution in [1.29, 1.82) is 0 Å². The number of likely N-dealkylation sites (N-methyl/N-ethyl adjacent to an activating group) is 2. The third-order valence-corrected chi connectivity index (χ3v) is 17.9. The number of aromatic amines is 3. The first kappa shape index (κ1) is 67.2. The second-order valence-electron chi connectivity index (χ2n) is 27.6. The molecule has 23 nitrogen and oxygen atoms in total. The van der Waals surface area contributed by atoms with E-state index in [0.29, 0.717) is 75.6 Å². The number of hydrogen-bond acceptors (Lipinski definition) is 16. The summed E-state index contributed by atoms with van der Waals surface area (Å²) >= 11 is 0. The number of amides is 4. The van der Waals surface area contributed by atoms with Gasteiger partial charge in [0.2, 0.25) is 23.6 Å². The Hall–Kier alpha value is -9.19. The molecular weight excluding hydrogens is 1200 g/mol. The van der Waals surface area contributed by atoms with Crippen molar-refractivity contribution in [3.63, 3.8) is 0 Å². The first-order valence-electron chi connectivity index (χ1n) is 33.6. The van der Waals surface area contributed by atoms with E-state index in [9.17, 15) is 19.2 Å². The van der Waals surface area contributed by atoms with Crippen molar-refractivity contribution in [1.82, 2.24) is 70.8 Å². The molecule has 2 fully saturated rings. The number of nitrogens with zero attached hydrogens (tertiary/aromatic N) is 10. The summed E-state index contributed by atoms with van der Waals surface area (Å²) in [5.74, 6) is 2.48. The van der Waals surface area contributed by atoms with E-state index in [1.807, 2.05) is 54.5 Å². The number of rotatable bonds is 27. The summed E-state index contributed by atoms with van der Waals surface area (Å²) < 4.78 is 12.8. The molecule has 2 saturated heterocycles. The Bertz CT molecular complexity index is 4010. The summed E-state index contributed by atoms with van der Waals surface area (Å²) in [4.78, 5) is 90.9. The van der Waals surface area contributed by atoms with Crippen LogP contribution < -0.4 is 41.3 Å². The van der Waals surface area contributed by atoms with E-state index in [2.05, 4.69) is 161 Å². The second kappa shape index (κ2) is 29.6. The van der Waals surface area contributed by atoms with Gasteiger partial charge in [0, 0.05) is 130 Å². The summed E-state index contributed by atoms with van der Waals surface area (Å²) in [6, 6.07) is 31.1. The molecule has 3 aromatic heterocycles. The Morgan fingerprint density at radius 3 is 1.73 bits per heavy atom. The number of imidazole rings is 3. The van der Waals surface area contributed by atoms with E-state index >= 15 is 0 Å². The predicted molar refractivity (Wildman–Crippen MR) is 376 cm³/mol. The number of piperazine rings is 2. The molecule has 0 aliphatic carbocycles. The lowest BCUT2D eigenvalue weighted by Gasteiger charge is -2.34. The number of nitrogens with two attached hydrogens (primary N) is 1. The predicted octanol–water partition coefficient (Wildman–Crippen LogP) is 8.66. The maximum Gasteiger partial charge on any atom is 0.243 e. The van der Waals surface area contributed by atoms with Crippen LogP contribution >= 0.6 is 0 Å². The van der Waals surface area contributed by atoms with Crippen molar-refractivity contribution in [2.75, 3.05) is 129 Å². The van der Waals surface area contributed by atoms with Gasteiger partial charge in [0.25, 0.3) is 0 Å². The maximum atomic E-state index is 13.9. The van der Waals surface area contributed by atoms with Gasteiger partial charge in [-0.1, -0.05) is 60.6 Å². The van der Waals surface area contributed by atoms with Crippen LogP contribution in [0.5, 0.6) is 11.5 Å². The van der Waals surface area contributed by atoms with Gasteiger partial charge in [0.05, 0.1) is 71.6 Å². The molecule has 3 aliphatic heterocycles. The monoisotopic (exact) mass is 1290 g/mol. The van der Waals surface area contributed by atoms with E-state index in [1.165, 1.54) is 21.2 Å². The van der Waals surface area contributed by atoms with Crippen LogP contribution in [0.25, 0.3) is 67.3 Å². The average Bonchev–Trinajstić information content (AvgIpc) is 1.71. The third-order valence-electron chi connectivity index (χ3n) is 17.9. The van der Waals surface area contributed by atoms with Crippen molar-refractivity contribution in [2.45, 2.75) is 97.8 Å². The van der Waals surface area contributed by atoms with E-state index < -0.39 is 11.8 Å². The summed E-state index contributed by atoms with van der Waals surface area (Å²) in [6.07, 6.45) is 4.51. The van der Waals surface area contributed by atoms with Crippen molar-refractivity contribution in [2.24, 2.45) is 5.73 Å². The molecule has 6 heterocycles. The van der Waals surface area contributed by atoms with E-state index in [1.54, 1.807) is 0 Å². The number of hydrogen-bond donors (Lipinski definition) is 7. The van der Waals surface area contributed by atoms with Gasteiger partial charge in [-0.2, -0.15) is 0 Å². The Labute approximate surface area is 557 Å². The number of hydrazine groups is 2. The zero-order valence-electron chi connectivity index (χ0n) is 56.8. The standard InChI is InChI=1S/C72H95N17O6/c1-10-26-87(65(92)18-13-36-94-54-16-11-15-48(38-54)68-75-57-22-19-49(41-60(57)78-68)69-76-58-23-20-52(42-61(58)79-69)85-32-28-83(8)29-33-85)47-66(93)88(46-63(73)90)44-51-45-89(82-81-51)27-14-25-74-64(91)17-12-37-95-67-55(71(2,3)4)39-50(40-56(67)72(5,6)7)70-77-59-24-21-53(43-62(59)80-70)86-34-30-84(9)31-35-86/h11,15-16,19-24,38-43,45,81-82H,10,12-14,17-18,25-37,44,46-47H2,1-9H3,(H2,73,90)(H,74,91)(H,75,78)(H,76,79)(H,77,80). The quantitative estimate of drug-likeness (QED) is 0.0238. The summed E-state index contributed by atoms with van der Waals surface area (Å²) in [5, 5.41) is 4.87. The Morgan fingerprint density at radius 1 is 0.600 bits per heavy atom. The SMILES string of the molecule is CCCN(CC(=O)N(CC(N)=O)CC1=CN(CCCNC(=O)CCCOc2c(C(C)(C)C)cc(-c3nc4ccc(N5CCN(C)CC5)cc4[nH]3)cc2C(C)(C)C)NN1)C(=O)CCCOc1cccc(-c2nc3ccc(-c4nc5ccc(N6CCN(C)CC6)cc5[nH]4)cc3[nH]2)c1. The fourth-order valence-electron chi connectivity index (χ4n) is 12.4. The number of nitrogens with one attached hydrogen (secondary N) is 6.